The fourth-order valence-electron chi connectivity index (χ4n) is 0.985. The van der Waals surface area contributed by atoms with Crippen LogP contribution in [-0.4, -0.2) is 4.98 Å². The van der Waals surface area contributed by atoms with Crippen LogP contribution >= 0.6 is 11.3 Å². The van der Waals surface area contributed by atoms with Crippen molar-refractivity contribution in [3.63, 3.8) is 0 Å². The smallest absolute Gasteiger partial charge is 0.109 e. The van der Waals surface area contributed by atoms with Gasteiger partial charge in [-0.3, -0.25) is 0 Å². The van der Waals surface area contributed by atoms with Crippen molar-refractivity contribution in [2.24, 2.45) is 5.73 Å². The fraction of sp³-hybridized carbons (Fsp3) is 0.700. The fourth-order valence-corrected chi connectivity index (χ4v) is 2.03. The number of nitrogens with two attached hydrogens (primary N) is 1. The van der Waals surface area contributed by atoms with Crippen molar-refractivity contribution >= 4 is 11.3 Å². The minimum Gasteiger partial charge on any atom is -0.322 e. The van der Waals surface area contributed by atoms with E-state index in [9.17, 15) is 0 Å². The van der Waals surface area contributed by atoms with Crippen molar-refractivity contribution in [1.29, 1.82) is 0 Å². The second-order valence-corrected chi connectivity index (χ2v) is 5.15. The minimum absolute atomic E-state index is 0.0615. The maximum Gasteiger partial charge on any atom is 0.109 e. The molecular weight excluding hydrogens is 180 g/mol. The largest absolute Gasteiger partial charge is 0.322 e. The van der Waals surface area contributed by atoms with Gasteiger partial charge in [-0.2, -0.15) is 0 Å². The maximum absolute atomic E-state index is 5.76. The zero-order valence-electron chi connectivity index (χ0n) is 8.79. The lowest BCUT2D eigenvalue weighted by atomic mass is 9.89. The molecule has 0 bridgehead atoms. The standard InChI is InChI=1S/C10H18N2S/c1-5-10(3,4)8-6-12-9(13-8)7(2)11/h6-7H,5,11H2,1-4H3. The van der Waals surface area contributed by atoms with E-state index in [1.165, 1.54) is 4.88 Å². The van der Waals surface area contributed by atoms with Crippen molar-refractivity contribution < 1.29 is 0 Å². The van der Waals surface area contributed by atoms with Crippen LogP contribution in [0.1, 0.15) is 50.0 Å². The number of hydrogen-bond acceptors (Lipinski definition) is 3. The predicted molar refractivity (Wildman–Crippen MR) is 58.0 cm³/mol. The highest BCUT2D eigenvalue weighted by Gasteiger charge is 2.21. The van der Waals surface area contributed by atoms with E-state index in [1.807, 2.05) is 13.1 Å². The van der Waals surface area contributed by atoms with Crippen molar-refractivity contribution in [2.45, 2.75) is 45.6 Å². The summed E-state index contributed by atoms with van der Waals surface area (Å²) in [5.74, 6) is 0. The van der Waals surface area contributed by atoms with E-state index in [0.717, 1.165) is 11.4 Å². The molecule has 1 unspecified atom stereocenters. The molecule has 0 aliphatic heterocycles. The SMILES string of the molecule is CCC(C)(C)c1cnc(C(C)N)s1. The normalized spacial score (nSPS) is 14.5. The van der Waals surface area contributed by atoms with Gasteiger partial charge in [0.05, 0.1) is 6.04 Å². The Bertz CT molecular complexity index is 276. The van der Waals surface area contributed by atoms with Crippen LogP contribution in [0.5, 0.6) is 0 Å². The zero-order chi connectivity index (χ0) is 10.1. The van der Waals surface area contributed by atoms with E-state index in [0.29, 0.717) is 0 Å². The van der Waals surface area contributed by atoms with Crippen LogP contribution in [0.25, 0.3) is 0 Å². The van der Waals surface area contributed by atoms with E-state index in [2.05, 4.69) is 25.8 Å². The third-order valence-electron chi connectivity index (χ3n) is 2.46. The van der Waals surface area contributed by atoms with E-state index in [-0.39, 0.29) is 11.5 Å². The molecule has 1 aromatic rings. The summed E-state index contributed by atoms with van der Waals surface area (Å²) in [4.78, 5) is 5.66. The third-order valence-corrected chi connectivity index (χ3v) is 4.03. The van der Waals surface area contributed by atoms with Crippen LogP contribution in [0.3, 0.4) is 0 Å². The van der Waals surface area contributed by atoms with Crippen LogP contribution in [-0.2, 0) is 5.41 Å². The average molecular weight is 198 g/mol. The van der Waals surface area contributed by atoms with Crippen LogP contribution in [0.4, 0.5) is 0 Å². The van der Waals surface area contributed by atoms with Gasteiger partial charge in [0, 0.05) is 16.5 Å². The molecule has 1 aromatic heterocycles. The van der Waals surface area contributed by atoms with Gasteiger partial charge in [0.1, 0.15) is 5.01 Å². The van der Waals surface area contributed by atoms with Crippen molar-refractivity contribution in [3.05, 3.63) is 16.1 Å². The van der Waals surface area contributed by atoms with E-state index >= 15 is 0 Å². The second kappa shape index (κ2) is 3.76. The Morgan fingerprint density at radius 3 is 2.62 bits per heavy atom. The van der Waals surface area contributed by atoms with Gasteiger partial charge < -0.3 is 5.73 Å². The highest BCUT2D eigenvalue weighted by Crippen LogP contribution is 2.32. The third kappa shape index (κ3) is 2.29. The molecule has 2 N–H and O–H groups in total. The molecule has 1 heterocycles. The van der Waals surface area contributed by atoms with Crippen LogP contribution in [0, 0.1) is 0 Å². The van der Waals surface area contributed by atoms with Crippen LogP contribution in [0.15, 0.2) is 6.20 Å². The molecule has 3 heteroatoms. The summed E-state index contributed by atoms with van der Waals surface area (Å²) < 4.78 is 0. The van der Waals surface area contributed by atoms with E-state index in [1.54, 1.807) is 11.3 Å². The molecule has 0 aliphatic carbocycles. The Hall–Kier alpha value is -0.410. The average Bonchev–Trinajstić information content (AvgIpc) is 2.52. The topological polar surface area (TPSA) is 38.9 Å². The maximum atomic E-state index is 5.76. The molecule has 1 atom stereocenters. The number of aromatic nitrogens is 1. The Labute approximate surface area is 84.2 Å². The van der Waals surface area contributed by atoms with Crippen LogP contribution in [0.2, 0.25) is 0 Å². The van der Waals surface area contributed by atoms with Crippen molar-refractivity contribution in [1.82, 2.24) is 4.98 Å². The molecule has 0 fully saturated rings. The number of nitrogens with zero attached hydrogens (tertiary/aromatic N) is 1. The first kappa shape index (κ1) is 10.7. The summed E-state index contributed by atoms with van der Waals surface area (Å²) in [5, 5.41) is 1.04. The molecule has 0 saturated carbocycles. The lowest BCUT2D eigenvalue weighted by Gasteiger charge is -2.19. The Morgan fingerprint density at radius 1 is 1.62 bits per heavy atom. The van der Waals surface area contributed by atoms with Gasteiger partial charge in [0.15, 0.2) is 0 Å². The predicted octanol–water partition coefficient (Wildman–Crippen LogP) is 2.85. The van der Waals surface area contributed by atoms with Gasteiger partial charge in [-0.1, -0.05) is 20.8 Å². The molecule has 1 rings (SSSR count). The van der Waals surface area contributed by atoms with Crippen molar-refractivity contribution in [2.75, 3.05) is 0 Å². The van der Waals surface area contributed by atoms with Crippen LogP contribution < -0.4 is 5.73 Å². The molecule has 0 saturated heterocycles. The summed E-state index contributed by atoms with van der Waals surface area (Å²) in [6.07, 6.45) is 3.10. The zero-order valence-corrected chi connectivity index (χ0v) is 9.61. The van der Waals surface area contributed by atoms with E-state index in [4.69, 9.17) is 5.73 Å². The molecule has 2 nitrogen and oxygen atoms in total. The summed E-state index contributed by atoms with van der Waals surface area (Å²) in [5.41, 5.74) is 6.00. The first-order valence-electron chi connectivity index (χ1n) is 4.69. The minimum atomic E-state index is 0.0615. The summed E-state index contributed by atoms with van der Waals surface area (Å²) in [6.45, 7) is 8.66. The Kier molecular flexibility index (Phi) is 3.09. The molecule has 0 spiro atoms. The quantitative estimate of drug-likeness (QED) is 0.811. The van der Waals surface area contributed by atoms with Gasteiger partial charge in [-0.15, -0.1) is 11.3 Å². The molecular formula is C10H18N2S. The van der Waals surface area contributed by atoms with Crippen molar-refractivity contribution in [3.8, 4) is 0 Å². The molecule has 0 aliphatic rings. The molecule has 0 aromatic carbocycles. The van der Waals surface area contributed by atoms with Gasteiger partial charge >= 0.3 is 0 Å². The summed E-state index contributed by atoms with van der Waals surface area (Å²) >= 11 is 1.74. The molecule has 0 amide bonds. The first-order chi connectivity index (χ1) is 5.97. The van der Waals surface area contributed by atoms with Gasteiger partial charge in [-0.05, 0) is 13.3 Å². The van der Waals surface area contributed by atoms with Gasteiger partial charge in [0.25, 0.3) is 0 Å². The second-order valence-electron chi connectivity index (χ2n) is 4.09. The highest BCUT2D eigenvalue weighted by atomic mass is 32.1. The first-order valence-corrected chi connectivity index (χ1v) is 5.51. The Balaban J connectivity index is 2.91. The van der Waals surface area contributed by atoms with E-state index < -0.39 is 0 Å². The summed E-state index contributed by atoms with van der Waals surface area (Å²) in [6, 6.07) is 0.0615. The number of hydrogen-bond donors (Lipinski definition) is 1. The summed E-state index contributed by atoms with van der Waals surface area (Å²) in [7, 11) is 0. The number of thiazole rings is 1. The number of rotatable bonds is 3. The Morgan fingerprint density at radius 2 is 2.23 bits per heavy atom. The molecule has 74 valence electrons. The molecule has 13 heavy (non-hydrogen) atoms. The molecule has 0 radical (unpaired) electrons. The lowest BCUT2D eigenvalue weighted by Crippen LogP contribution is -2.13. The van der Waals surface area contributed by atoms with Gasteiger partial charge in [0.2, 0.25) is 0 Å². The van der Waals surface area contributed by atoms with Gasteiger partial charge in [-0.25, -0.2) is 4.98 Å². The monoisotopic (exact) mass is 198 g/mol. The highest BCUT2D eigenvalue weighted by molar-refractivity contribution is 7.11. The lowest BCUT2D eigenvalue weighted by molar-refractivity contribution is 0.516.